The summed E-state index contributed by atoms with van der Waals surface area (Å²) in [5.74, 6) is -0.0607. The smallest absolute Gasteiger partial charge is 0.328 e. The predicted octanol–water partition coefficient (Wildman–Crippen LogP) is 2.72. The first-order valence-electron chi connectivity index (χ1n) is 6.57. The Morgan fingerprint density at radius 2 is 1.81 bits per heavy atom. The molecular formula is C16H22O5. The highest BCUT2D eigenvalue weighted by molar-refractivity contribution is 5.85. The van der Waals surface area contributed by atoms with E-state index >= 15 is 0 Å². The van der Waals surface area contributed by atoms with Gasteiger partial charge in [-0.3, -0.25) is 0 Å². The Labute approximate surface area is 124 Å². The van der Waals surface area contributed by atoms with Crippen LogP contribution in [0.1, 0.15) is 33.3 Å². The van der Waals surface area contributed by atoms with Gasteiger partial charge in [0.2, 0.25) is 0 Å². The van der Waals surface area contributed by atoms with E-state index in [1.807, 2.05) is 0 Å². The van der Waals surface area contributed by atoms with E-state index in [1.54, 1.807) is 45.9 Å². The number of hydrogen-bond acceptors (Lipinski definition) is 4. The number of hydrogen-bond donors (Lipinski definition) is 2. The zero-order chi connectivity index (χ0) is 16.3. The zero-order valence-corrected chi connectivity index (χ0v) is 13.0. The maximum atomic E-state index is 10.5. The van der Waals surface area contributed by atoms with Crippen LogP contribution < -0.4 is 9.47 Å². The summed E-state index contributed by atoms with van der Waals surface area (Å²) >= 11 is 0. The van der Waals surface area contributed by atoms with Crippen LogP contribution in [0.15, 0.2) is 24.3 Å². The highest BCUT2D eigenvalue weighted by Crippen LogP contribution is 2.35. The number of aliphatic carboxylic acids is 1. The van der Waals surface area contributed by atoms with Crippen LogP contribution in [-0.4, -0.2) is 34.5 Å². The van der Waals surface area contributed by atoms with Crippen molar-refractivity contribution < 1.29 is 24.5 Å². The second-order valence-electron chi connectivity index (χ2n) is 5.75. The second-order valence-corrected chi connectivity index (χ2v) is 5.75. The number of carbonyl (C=O) groups is 1. The molecule has 0 atom stereocenters. The van der Waals surface area contributed by atoms with Crippen LogP contribution in [-0.2, 0) is 4.79 Å². The summed E-state index contributed by atoms with van der Waals surface area (Å²) in [6.45, 7) is 6.91. The van der Waals surface area contributed by atoms with Gasteiger partial charge in [0.25, 0.3) is 0 Å². The lowest BCUT2D eigenvalue weighted by atomic mass is 9.89. The van der Waals surface area contributed by atoms with Crippen LogP contribution in [0, 0.1) is 0 Å². The number of methoxy groups -OCH3 is 1. The van der Waals surface area contributed by atoms with E-state index < -0.39 is 17.2 Å². The minimum absolute atomic E-state index is 0.472. The summed E-state index contributed by atoms with van der Waals surface area (Å²) in [4.78, 5) is 10.5. The van der Waals surface area contributed by atoms with E-state index in [9.17, 15) is 9.90 Å². The molecule has 5 nitrogen and oxygen atoms in total. The van der Waals surface area contributed by atoms with Crippen molar-refractivity contribution in [1.29, 1.82) is 0 Å². The molecule has 0 spiro atoms. The first-order valence-corrected chi connectivity index (χ1v) is 6.57. The quantitative estimate of drug-likeness (QED) is 0.789. The summed E-state index contributed by atoms with van der Waals surface area (Å²) < 4.78 is 11.1. The van der Waals surface area contributed by atoms with Crippen LogP contribution in [0.2, 0.25) is 0 Å². The highest BCUT2D eigenvalue weighted by Gasteiger charge is 2.37. The van der Waals surface area contributed by atoms with Crippen molar-refractivity contribution in [2.75, 3.05) is 7.11 Å². The van der Waals surface area contributed by atoms with E-state index in [2.05, 4.69) is 0 Å². The number of carboxylic acid groups (broad SMARTS) is 1. The van der Waals surface area contributed by atoms with Gasteiger partial charge >= 0.3 is 5.97 Å². The number of carboxylic acids is 1. The van der Waals surface area contributed by atoms with Gasteiger partial charge in [-0.25, -0.2) is 4.79 Å². The van der Waals surface area contributed by atoms with Crippen molar-refractivity contribution in [3.8, 4) is 11.5 Å². The third kappa shape index (κ3) is 4.49. The van der Waals surface area contributed by atoms with Crippen LogP contribution in [0.4, 0.5) is 0 Å². The average Bonchev–Trinajstić information content (AvgIpc) is 2.35. The molecule has 0 unspecified atom stereocenters. The van der Waals surface area contributed by atoms with E-state index in [0.717, 1.165) is 6.08 Å². The SMILES string of the molecule is COc1cc(/C=C/C(=O)O)ccc1OC(C)(C)C(C)(C)O. The molecule has 0 amide bonds. The number of ether oxygens (including phenoxy) is 2. The number of benzene rings is 1. The molecule has 2 N–H and O–H groups in total. The standard InChI is InChI=1S/C16H22O5/c1-15(2,19)16(3,4)21-12-8-6-11(7-9-14(17)18)10-13(12)20-5/h6-10,19H,1-5H3,(H,17,18)/b9-7+. The fourth-order valence-corrected chi connectivity index (χ4v) is 1.44. The Morgan fingerprint density at radius 1 is 1.19 bits per heavy atom. The third-order valence-corrected chi connectivity index (χ3v) is 3.44. The molecule has 0 aromatic heterocycles. The molecule has 1 aromatic carbocycles. The molecular weight excluding hydrogens is 272 g/mol. The first-order chi connectivity index (χ1) is 9.56. The predicted molar refractivity (Wildman–Crippen MR) is 80.7 cm³/mol. The van der Waals surface area contributed by atoms with Crippen molar-refractivity contribution >= 4 is 12.0 Å². The van der Waals surface area contributed by atoms with Gasteiger partial charge in [-0.1, -0.05) is 6.07 Å². The number of rotatable bonds is 6. The van der Waals surface area contributed by atoms with Crippen molar-refractivity contribution in [1.82, 2.24) is 0 Å². The second kappa shape index (κ2) is 6.18. The Bertz CT molecular complexity index is 538. The van der Waals surface area contributed by atoms with Gasteiger partial charge in [-0.2, -0.15) is 0 Å². The van der Waals surface area contributed by atoms with E-state index in [1.165, 1.54) is 13.2 Å². The van der Waals surface area contributed by atoms with Gasteiger partial charge in [0, 0.05) is 6.08 Å². The molecule has 0 heterocycles. The van der Waals surface area contributed by atoms with Gasteiger partial charge in [0.1, 0.15) is 5.60 Å². The summed E-state index contributed by atoms with van der Waals surface area (Å²) in [7, 11) is 1.50. The molecule has 5 heteroatoms. The van der Waals surface area contributed by atoms with E-state index in [-0.39, 0.29) is 0 Å². The summed E-state index contributed by atoms with van der Waals surface area (Å²) in [6.07, 6.45) is 2.52. The molecule has 0 aliphatic rings. The molecule has 0 radical (unpaired) electrons. The average molecular weight is 294 g/mol. The monoisotopic (exact) mass is 294 g/mol. The Kier molecular flexibility index (Phi) is 5.01. The lowest BCUT2D eigenvalue weighted by Gasteiger charge is -2.37. The van der Waals surface area contributed by atoms with Crippen LogP contribution in [0.3, 0.4) is 0 Å². The molecule has 21 heavy (non-hydrogen) atoms. The lowest BCUT2D eigenvalue weighted by molar-refractivity contribution is -0.131. The molecule has 0 saturated heterocycles. The van der Waals surface area contributed by atoms with Gasteiger partial charge in [-0.15, -0.1) is 0 Å². The van der Waals surface area contributed by atoms with Crippen molar-refractivity contribution in [2.24, 2.45) is 0 Å². The first kappa shape index (κ1) is 17.0. The fraction of sp³-hybridized carbons (Fsp3) is 0.438. The van der Waals surface area contributed by atoms with Gasteiger partial charge in [-0.05, 0) is 51.5 Å². The molecule has 116 valence electrons. The maximum absolute atomic E-state index is 10.5. The Hall–Kier alpha value is -2.01. The maximum Gasteiger partial charge on any atom is 0.328 e. The molecule has 1 aromatic rings. The topological polar surface area (TPSA) is 76.0 Å². The highest BCUT2D eigenvalue weighted by atomic mass is 16.5. The molecule has 0 fully saturated rings. The van der Waals surface area contributed by atoms with Gasteiger partial charge in [0.05, 0.1) is 12.7 Å². The summed E-state index contributed by atoms with van der Waals surface area (Å²) in [5.41, 5.74) is -1.18. The number of aliphatic hydroxyl groups is 1. The molecule has 1 rings (SSSR count). The van der Waals surface area contributed by atoms with Gasteiger partial charge in [0.15, 0.2) is 11.5 Å². The van der Waals surface area contributed by atoms with E-state index in [4.69, 9.17) is 14.6 Å². The third-order valence-electron chi connectivity index (χ3n) is 3.44. The van der Waals surface area contributed by atoms with Crippen molar-refractivity contribution in [2.45, 2.75) is 38.9 Å². The van der Waals surface area contributed by atoms with Gasteiger partial charge < -0.3 is 19.7 Å². The minimum Gasteiger partial charge on any atom is -0.493 e. The minimum atomic E-state index is -1.04. The van der Waals surface area contributed by atoms with E-state index in [0.29, 0.717) is 17.1 Å². The summed E-state index contributed by atoms with van der Waals surface area (Å²) in [5, 5.41) is 18.8. The lowest BCUT2D eigenvalue weighted by Crippen LogP contribution is -2.49. The molecule has 0 aliphatic carbocycles. The Morgan fingerprint density at radius 3 is 2.29 bits per heavy atom. The summed E-state index contributed by atoms with van der Waals surface area (Å²) in [6, 6.07) is 5.08. The van der Waals surface area contributed by atoms with Crippen LogP contribution in [0.5, 0.6) is 11.5 Å². The largest absolute Gasteiger partial charge is 0.493 e. The molecule has 0 bridgehead atoms. The normalized spacial score (nSPS) is 12.5. The van der Waals surface area contributed by atoms with Crippen LogP contribution in [0.25, 0.3) is 6.08 Å². The Balaban J connectivity index is 3.07. The van der Waals surface area contributed by atoms with Crippen molar-refractivity contribution in [3.63, 3.8) is 0 Å². The fourth-order valence-electron chi connectivity index (χ4n) is 1.44. The zero-order valence-electron chi connectivity index (χ0n) is 13.0. The van der Waals surface area contributed by atoms with Crippen molar-refractivity contribution in [3.05, 3.63) is 29.8 Å². The molecule has 0 aliphatic heterocycles. The molecule has 0 saturated carbocycles. The van der Waals surface area contributed by atoms with Crippen LogP contribution >= 0.6 is 0 Å².